The summed E-state index contributed by atoms with van der Waals surface area (Å²) in [6, 6.07) is 5.39. The lowest BCUT2D eigenvalue weighted by Gasteiger charge is -2.32. The summed E-state index contributed by atoms with van der Waals surface area (Å²) < 4.78 is 32.0. The van der Waals surface area contributed by atoms with Gasteiger partial charge >= 0.3 is 12.0 Å². The number of alkyl halides is 2. The molecule has 0 spiro atoms. The summed E-state index contributed by atoms with van der Waals surface area (Å²) in [6.07, 6.45) is 0.853. The van der Waals surface area contributed by atoms with Crippen molar-refractivity contribution < 1.29 is 18.3 Å². The fourth-order valence-electron chi connectivity index (χ4n) is 2.18. The molecule has 0 unspecified atom stereocenters. The topological polar surface area (TPSA) is 54.1 Å². The maximum Gasteiger partial charge on any atom is 0.408 e. The molecule has 0 radical (unpaired) electrons. The van der Waals surface area contributed by atoms with Crippen LogP contribution in [0.5, 0.6) is 0 Å². The number of rotatable bonds is 1. The second-order valence-electron chi connectivity index (χ2n) is 4.20. The van der Waals surface area contributed by atoms with Crippen LogP contribution >= 0.6 is 0 Å². The van der Waals surface area contributed by atoms with Gasteiger partial charge in [0.25, 0.3) is 0 Å². The number of fused-ring (bicyclic) bond motifs is 1. The smallest absolute Gasteiger partial charge is 0.408 e. The van der Waals surface area contributed by atoms with Crippen molar-refractivity contribution in [3.05, 3.63) is 36.0 Å². The molecule has 2 N–H and O–H groups in total. The zero-order valence-corrected chi connectivity index (χ0v) is 9.24. The van der Waals surface area contributed by atoms with Gasteiger partial charge in [-0.2, -0.15) is 0 Å². The Morgan fingerprint density at radius 3 is 3.00 bits per heavy atom. The third kappa shape index (κ3) is 1.61. The minimum atomic E-state index is -3.13. The lowest BCUT2D eigenvalue weighted by Crippen LogP contribution is -2.49. The standard InChI is InChI=1S/C12H10F2N2O2/c13-12(14)6-18-11(17)16-10(12)8-2-1-3-9-7(8)4-5-15-9/h1-5,10,15H,6H2,(H,16,17)/t10-/m1/s1. The van der Waals surface area contributed by atoms with Crippen molar-refractivity contribution in [1.29, 1.82) is 0 Å². The molecule has 2 heterocycles. The van der Waals surface area contributed by atoms with Crippen LogP contribution in [-0.2, 0) is 4.74 Å². The number of carbonyl (C=O) groups is 1. The van der Waals surface area contributed by atoms with E-state index in [0.717, 1.165) is 5.52 Å². The predicted molar refractivity (Wildman–Crippen MR) is 60.5 cm³/mol. The average molecular weight is 252 g/mol. The Morgan fingerprint density at radius 2 is 2.17 bits per heavy atom. The molecule has 1 atom stereocenters. The second-order valence-corrected chi connectivity index (χ2v) is 4.20. The van der Waals surface area contributed by atoms with Crippen LogP contribution in [0.2, 0.25) is 0 Å². The van der Waals surface area contributed by atoms with Crippen LogP contribution in [0, 0.1) is 0 Å². The van der Waals surface area contributed by atoms with Gasteiger partial charge < -0.3 is 15.0 Å². The number of benzene rings is 1. The van der Waals surface area contributed by atoms with Gasteiger partial charge in [-0.05, 0) is 17.7 Å². The first-order valence-corrected chi connectivity index (χ1v) is 5.45. The Bertz CT molecular complexity index is 609. The number of carbonyl (C=O) groups excluding carboxylic acids is 1. The Kier molecular flexibility index (Phi) is 2.26. The number of ether oxygens (including phenoxy) is 1. The fourth-order valence-corrected chi connectivity index (χ4v) is 2.18. The molecule has 6 heteroatoms. The second kappa shape index (κ2) is 3.69. The van der Waals surface area contributed by atoms with Gasteiger partial charge in [0.2, 0.25) is 0 Å². The lowest BCUT2D eigenvalue weighted by molar-refractivity contribution is -0.103. The number of aromatic nitrogens is 1. The van der Waals surface area contributed by atoms with Crippen molar-refractivity contribution in [1.82, 2.24) is 10.3 Å². The molecule has 1 aliphatic heterocycles. The number of nitrogens with one attached hydrogen (secondary N) is 2. The number of H-pyrrole nitrogens is 1. The Labute approximate surface area is 101 Å². The van der Waals surface area contributed by atoms with Crippen LogP contribution in [0.3, 0.4) is 0 Å². The van der Waals surface area contributed by atoms with Gasteiger partial charge in [0.05, 0.1) is 0 Å². The van der Waals surface area contributed by atoms with E-state index in [1.165, 1.54) is 0 Å². The van der Waals surface area contributed by atoms with Crippen molar-refractivity contribution in [2.24, 2.45) is 0 Å². The number of halogens is 2. The third-order valence-electron chi connectivity index (χ3n) is 3.02. The minimum Gasteiger partial charge on any atom is -0.443 e. The van der Waals surface area contributed by atoms with Crippen molar-refractivity contribution >= 4 is 17.0 Å². The van der Waals surface area contributed by atoms with E-state index in [-0.39, 0.29) is 0 Å². The molecule has 2 aromatic rings. The molecule has 1 saturated heterocycles. The molecule has 1 aromatic heterocycles. The highest BCUT2D eigenvalue weighted by molar-refractivity contribution is 5.84. The van der Waals surface area contributed by atoms with E-state index >= 15 is 0 Å². The number of amides is 1. The van der Waals surface area contributed by atoms with Crippen molar-refractivity contribution in [2.75, 3.05) is 6.61 Å². The van der Waals surface area contributed by atoms with E-state index in [0.29, 0.717) is 10.9 Å². The molecule has 94 valence electrons. The van der Waals surface area contributed by atoms with Crippen LogP contribution in [0.4, 0.5) is 13.6 Å². The number of cyclic esters (lactones) is 1. The van der Waals surface area contributed by atoms with Crippen molar-refractivity contribution in [2.45, 2.75) is 12.0 Å². The molecule has 4 nitrogen and oxygen atoms in total. The predicted octanol–water partition coefficient (Wildman–Crippen LogP) is 2.58. The highest BCUT2D eigenvalue weighted by Gasteiger charge is 2.47. The normalized spacial score (nSPS) is 22.6. The van der Waals surface area contributed by atoms with E-state index in [2.05, 4.69) is 15.0 Å². The molecular formula is C12H10F2N2O2. The Morgan fingerprint density at radius 1 is 1.33 bits per heavy atom. The lowest BCUT2D eigenvalue weighted by atomic mass is 9.97. The minimum absolute atomic E-state index is 0.385. The molecule has 0 bridgehead atoms. The SMILES string of the molecule is O=C1N[C@H](c2cccc3[nH]ccc23)C(F)(F)CO1. The van der Waals surface area contributed by atoms with Gasteiger partial charge in [0.15, 0.2) is 6.61 Å². The van der Waals surface area contributed by atoms with Crippen LogP contribution in [0.1, 0.15) is 11.6 Å². The summed E-state index contributed by atoms with van der Waals surface area (Å²) in [5.41, 5.74) is 1.14. The Hall–Kier alpha value is -2.11. The molecule has 1 aliphatic rings. The molecule has 0 aliphatic carbocycles. The summed E-state index contributed by atoms with van der Waals surface area (Å²) in [6.45, 7) is -0.899. The summed E-state index contributed by atoms with van der Waals surface area (Å²) in [4.78, 5) is 14.1. The zero-order valence-electron chi connectivity index (χ0n) is 9.24. The molecular weight excluding hydrogens is 242 g/mol. The Balaban J connectivity index is 2.12. The highest BCUT2D eigenvalue weighted by Crippen LogP contribution is 2.37. The van der Waals surface area contributed by atoms with E-state index in [4.69, 9.17) is 0 Å². The van der Waals surface area contributed by atoms with Crippen LogP contribution in [0.25, 0.3) is 10.9 Å². The van der Waals surface area contributed by atoms with Crippen molar-refractivity contribution in [3.63, 3.8) is 0 Å². The van der Waals surface area contributed by atoms with Crippen LogP contribution in [0.15, 0.2) is 30.5 Å². The number of hydrogen-bond donors (Lipinski definition) is 2. The van der Waals surface area contributed by atoms with E-state index in [1.54, 1.807) is 30.5 Å². The van der Waals surface area contributed by atoms with Gasteiger partial charge in [0, 0.05) is 17.1 Å². The number of aromatic amines is 1. The van der Waals surface area contributed by atoms with Gasteiger partial charge in [-0.15, -0.1) is 0 Å². The quantitative estimate of drug-likeness (QED) is 0.819. The first-order valence-electron chi connectivity index (χ1n) is 5.45. The molecule has 0 saturated carbocycles. The molecule has 3 rings (SSSR count). The van der Waals surface area contributed by atoms with Crippen molar-refractivity contribution in [3.8, 4) is 0 Å². The summed E-state index contributed by atoms with van der Waals surface area (Å²) in [5, 5.41) is 2.85. The first kappa shape index (κ1) is 11.0. The maximum atomic E-state index is 13.8. The maximum absolute atomic E-state index is 13.8. The first-order chi connectivity index (χ1) is 8.58. The monoisotopic (exact) mass is 252 g/mol. The van der Waals surface area contributed by atoms with Crippen LogP contribution in [-0.4, -0.2) is 23.6 Å². The largest absolute Gasteiger partial charge is 0.443 e. The van der Waals surface area contributed by atoms with Gasteiger partial charge in [-0.1, -0.05) is 12.1 Å². The van der Waals surface area contributed by atoms with Gasteiger partial charge in [0.1, 0.15) is 6.04 Å². The average Bonchev–Trinajstić information content (AvgIpc) is 2.80. The van der Waals surface area contributed by atoms with Gasteiger partial charge in [-0.3, -0.25) is 0 Å². The van der Waals surface area contributed by atoms with Crippen LogP contribution < -0.4 is 5.32 Å². The van der Waals surface area contributed by atoms with E-state index in [9.17, 15) is 13.6 Å². The zero-order chi connectivity index (χ0) is 12.8. The van der Waals surface area contributed by atoms with Gasteiger partial charge in [-0.25, -0.2) is 13.6 Å². The summed E-state index contributed by atoms with van der Waals surface area (Å²) >= 11 is 0. The fraction of sp³-hybridized carbons (Fsp3) is 0.250. The molecule has 1 amide bonds. The number of hydrogen-bond acceptors (Lipinski definition) is 2. The molecule has 18 heavy (non-hydrogen) atoms. The number of alkyl carbamates (subject to hydrolysis) is 1. The van der Waals surface area contributed by atoms with E-state index in [1.807, 2.05) is 0 Å². The summed E-state index contributed by atoms with van der Waals surface area (Å²) in [7, 11) is 0. The summed E-state index contributed by atoms with van der Waals surface area (Å²) in [5.74, 6) is -3.13. The third-order valence-corrected chi connectivity index (χ3v) is 3.02. The molecule has 1 aromatic carbocycles. The van der Waals surface area contributed by atoms with E-state index < -0.39 is 24.7 Å². The highest BCUT2D eigenvalue weighted by atomic mass is 19.3. The molecule has 1 fully saturated rings.